The Bertz CT molecular complexity index is 362. The van der Waals surface area contributed by atoms with Crippen LogP contribution in [-0.4, -0.2) is 5.78 Å². The zero-order valence-corrected chi connectivity index (χ0v) is 11.7. The van der Waals surface area contributed by atoms with Gasteiger partial charge in [0.1, 0.15) is 5.78 Å². The molecule has 1 rings (SSSR count). The lowest BCUT2D eigenvalue weighted by Crippen LogP contribution is -2.34. The number of rotatable bonds is 5. The fourth-order valence-corrected chi connectivity index (χ4v) is 2.76. The van der Waals surface area contributed by atoms with Gasteiger partial charge in [-0.1, -0.05) is 65.0 Å². The Morgan fingerprint density at radius 1 is 1.18 bits per heavy atom. The third-order valence-corrected chi connectivity index (χ3v) is 3.64. The van der Waals surface area contributed by atoms with E-state index in [0.29, 0.717) is 11.7 Å². The topological polar surface area (TPSA) is 17.1 Å². The fourth-order valence-electron chi connectivity index (χ4n) is 2.76. The molecule has 0 aliphatic rings. The molecule has 0 aliphatic heterocycles. The predicted molar refractivity (Wildman–Crippen MR) is 73.1 cm³/mol. The van der Waals surface area contributed by atoms with Crippen LogP contribution in [0.3, 0.4) is 0 Å². The normalized spacial score (nSPS) is 13.8. The molecule has 0 bridgehead atoms. The summed E-state index contributed by atoms with van der Waals surface area (Å²) in [6.07, 6.45) is 0.996. The first-order valence-corrected chi connectivity index (χ1v) is 6.50. The second-order valence-corrected chi connectivity index (χ2v) is 5.61. The highest BCUT2D eigenvalue weighted by Gasteiger charge is 2.37. The van der Waals surface area contributed by atoms with Crippen LogP contribution >= 0.6 is 0 Å². The molecule has 0 saturated carbocycles. The highest BCUT2D eigenvalue weighted by molar-refractivity contribution is 5.86. The van der Waals surface area contributed by atoms with Crippen LogP contribution in [0.5, 0.6) is 0 Å². The number of carbonyl (C=O) groups excluding carboxylic acids is 1. The van der Waals surface area contributed by atoms with Gasteiger partial charge in [-0.3, -0.25) is 4.79 Å². The summed E-state index contributed by atoms with van der Waals surface area (Å²) in [5, 5.41) is 0. The number of hydrogen-bond acceptors (Lipinski definition) is 1. The van der Waals surface area contributed by atoms with Crippen LogP contribution in [0.25, 0.3) is 0 Å². The van der Waals surface area contributed by atoms with Gasteiger partial charge in [0.15, 0.2) is 0 Å². The summed E-state index contributed by atoms with van der Waals surface area (Å²) in [5.74, 6) is 0.759. The Morgan fingerprint density at radius 2 is 1.71 bits per heavy atom. The van der Waals surface area contributed by atoms with E-state index in [-0.39, 0.29) is 11.3 Å². The molecule has 1 atom stereocenters. The Hall–Kier alpha value is -1.11. The standard InChI is InChI=1S/C16H24O/c1-6-14(13-10-8-7-9-11-13)16(4,5)15(17)12(2)3/h7-12,14H,6H2,1-5H3. The summed E-state index contributed by atoms with van der Waals surface area (Å²) in [6, 6.07) is 10.4. The number of carbonyl (C=O) groups is 1. The van der Waals surface area contributed by atoms with Gasteiger partial charge in [-0.2, -0.15) is 0 Å². The van der Waals surface area contributed by atoms with Crippen molar-refractivity contribution in [3.63, 3.8) is 0 Å². The molecule has 1 heteroatoms. The van der Waals surface area contributed by atoms with Crippen molar-refractivity contribution in [2.45, 2.75) is 47.0 Å². The molecule has 0 saturated heterocycles. The van der Waals surface area contributed by atoms with Gasteiger partial charge in [0.25, 0.3) is 0 Å². The van der Waals surface area contributed by atoms with Crippen LogP contribution < -0.4 is 0 Å². The molecule has 0 N–H and O–H groups in total. The number of Topliss-reactive ketones (excluding diaryl/α,β-unsaturated/α-hetero) is 1. The van der Waals surface area contributed by atoms with E-state index in [1.165, 1.54) is 5.56 Å². The molecule has 1 aromatic rings. The van der Waals surface area contributed by atoms with E-state index in [1.54, 1.807) is 0 Å². The third kappa shape index (κ3) is 2.96. The summed E-state index contributed by atoms with van der Waals surface area (Å²) in [6.45, 7) is 10.3. The van der Waals surface area contributed by atoms with Gasteiger partial charge in [-0.15, -0.1) is 0 Å². The molecule has 0 amide bonds. The maximum atomic E-state index is 12.3. The maximum absolute atomic E-state index is 12.3. The van der Waals surface area contributed by atoms with Crippen molar-refractivity contribution in [3.05, 3.63) is 35.9 Å². The predicted octanol–water partition coefficient (Wildman–Crippen LogP) is 4.43. The lowest BCUT2D eigenvalue weighted by atomic mass is 9.68. The Balaban J connectivity index is 3.06. The summed E-state index contributed by atoms with van der Waals surface area (Å²) in [7, 11) is 0. The van der Waals surface area contributed by atoms with Gasteiger partial charge in [-0.05, 0) is 17.9 Å². The average Bonchev–Trinajstić information content (AvgIpc) is 2.29. The zero-order valence-electron chi connectivity index (χ0n) is 11.7. The Labute approximate surface area is 105 Å². The molecule has 17 heavy (non-hydrogen) atoms. The van der Waals surface area contributed by atoms with Crippen molar-refractivity contribution in [2.75, 3.05) is 0 Å². The lowest BCUT2D eigenvalue weighted by molar-refractivity contribution is -0.131. The van der Waals surface area contributed by atoms with Crippen molar-refractivity contribution < 1.29 is 4.79 Å². The molecule has 0 aromatic heterocycles. The Morgan fingerprint density at radius 3 is 2.12 bits per heavy atom. The molecule has 94 valence electrons. The molecule has 1 unspecified atom stereocenters. The van der Waals surface area contributed by atoms with Crippen LogP contribution in [0.15, 0.2) is 30.3 Å². The fraction of sp³-hybridized carbons (Fsp3) is 0.562. The van der Waals surface area contributed by atoms with Gasteiger partial charge >= 0.3 is 0 Å². The molecule has 0 fully saturated rings. The minimum Gasteiger partial charge on any atom is -0.299 e. The summed E-state index contributed by atoms with van der Waals surface area (Å²) < 4.78 is 0. The number of benzene rings is 1. The SMILES string of the molecule is CCC(c1ccccc1)C(C)(C)C(=O)C(C)C. The second kappa shape index (κ2) is 5.48. The highest BCUT2D eigenvalue weighted by Crippen LogP contribution is 2.40. The molecule has 0 aliphatic carbocycles. The van der Waals surface area contributed by atoms with E-state index in [0.717, 1.165) is 6.42 Å². The van der Waals surface area contributed by atoms with Crippen LogP contribution in [0.4, 0.5) is 0 Å². The zero-order chi connectivity index (χ0) is 13.1. The van der Waals surface area contributed by atoms with E-state index in [4.69, 9.17) is 0 Å². The molecule has 0 spiro atoms. The van der Waals surface area contributed by atoms with Gasteiger partial charge in [0.05, 0.1) is 0 Å². The molecule has 1 nitrogen and oxygen atoms in total. The number of ketones is 1. The first kappa shape index (κ1) is 14.0. The van der Waals surface area contributed by atoms with Gasteiger partial charge in [-0.25, -0.2) is 0 Å². The lowest BCUT2D eigenvalue weighted by Gasteiger charge is -2.34. The van der Waals surface area contributed by atoms with E-state index < -0.39 is 0 Å². The van der Waals surface area contributed by atoms with Crippen molar-refractivity contribution in [1.82, 2.24) is 0 Å². The van der Waals surface area contributed by atoms with Crippen LogP contribution in [-0.2, 0) is 4.79 Å². The minimum absolute atomic E-state index is 0.0998. The van der Waals surface area contributed by atoms with Crippen molar-refractivity contribution >= 4 is 5.78 Å². The monoisotopic (exact) mass is 232 g/mol. The van der Waals surface area contributed by atoms with E-state index in [1.807, 2.05) is 32.0 Å². The second-order valence-electron chi connectivity index (χ2n) is 5.61. The maximum Gasteiger partial charge on any atom is 0.141 e. The quantitative estimate of drug-likeness (QED) is 0.734. The summed E-state index contributed by atoms with van der Waals surface area (Å²) in [5.41, 5.74) is 0.985. The van der Waals surface area contributed by atoms with E-state index >= 15 is 0 Å². The van der Waals surface area contributed by atoms with E-state index in [2.05, 4.69) is 32.9 Å². The van der Waals surface area contributed by atoms with Gasteiger partial charge in [0.2, 0.25) is 0 Å². The van der Waals surface area contributed by atoms with Gasteiger partial charge in [0, 0.05) is 11.3 Å². The minimum atomic E-state index is -0.287. The molecule has 0 heterocycles. The van der Waals surface area contributed by atoms with Crippen molar-refractivity contribution in [3.8, 4) is 0 Å². The van der Waals surface area contributed by atoms with Crippen LogP contribution in [0.1, 0.15) is 52.5 Å². The molecular weight excluding hydrogens is 208 g/mol. The first-order valence-electron chi connectivity index (χ1n) is 6.50. The van der Waals surface area contributed by atoms with Crippen LogP contribution in [0.2, 0.25) is 0 Å². The van der Waals surface area contributed by atoms with Crippen molar-refractivity contribution in [1.29, 1.82) is 0 Å². The summed E-state index contributed by atoms with van der Waals surface area (Å²) >= 11 is 0. The molecule has 0 radical (unpaired) electrons. The van der Waals surface area contributed by atoms with Crippen molar-refractivity contribution in [2.24, 2.45) is 11.3 Å². The van der Waals surface area contributed by atoms with E-state index in [9.17, 15) is 4.79 Å². The van der Waals surface area contributed by atoms with Crippen LogP contribution in [0, 0.1) is 11.3 Å². The third-order valence-electron chi connectivity index (χ3n) is 3.64. The first-order chi connectivity index (χ1) is 7.91. The summed E-state index contributed by atoms with van der Waals surface area (Å²) in [4.78, 5) is 12.3. The number of hydrogen-bond donors (Lipinski definition) is 0. The highest BCUT2D eigenvalue weighted by atomic mass is 16.1. The van der Waals surface area contributed by atoms with Gasteiger partial charge < -0.3 is 0 Å². The average molecular weight is 232 g/mol. The molecule has 1 aromatic carbocycles. The largest absolute Gasteiger partial charge is 0.299 e. The molecular formula is C16H24O. The smallest absolute Gasteiger partial charge is 0.141 e. The Kier molecular flexibility index (Phi) is 4.50.